The van der Waals surface area contributed by atoms with Crippen LogP contribution >= 0.6 is 0 Å². The Morgan fingerprint density at radius 1 is 1.45 bits per heavy atom. The molecular formula is C15H27N3O2. The molecule has 1 aliphatic rings. The van der Waals surface area contributed by atoms with E-state index in [1.807, 2.05) is 6.92 Å². The largest absolute Gasteiger partial charge is 0.370 e. The number of nitrogens with zero attached hydrogens (tertiary/aromatic N) is 2. The van der Waals surface area contributed by atoms with E-state index in [0.717, 1.165) is 25.2 Å². The summed E-state index contributed by atoms with van der Waals surface area (Å²) in [6.45, 7) is 6.90. The summed E-state index contributed by atoms with van der Waals surface area (Å²) in [6, 6.07) is 0. The topological polar surface area (TPSA) is 74.2 Å². The van der Waals surface area contributed by atoms with Gasteiger partial charge in [0.25, 0.3) is 0 Å². The van der Waals surface area contributed by atoms with Crippen LogP contribution in [0.15, 0.2) is 4.52 Å². The SMILES string of the molecule is CCC(C)(OC)c1noc(C2(CN)CCC(C)CC2)n1. The van der Waals surface area contributed by atoms with Crippen LogP contribution in [0.25, 0.3) is 0 Å². The van der Waals surface area contributed by atoms with Crippen LogP contribution in [0.1, 0.15) is 64.6 Å². The first-order chi connectivity index (χ1) is 9.49. The van der Waals surface area contributed by atoms with Gasteiger partial charge in [-0.25, -0.2) is 0 Å². The first-order valence-corrected chi connectivity index (χ1v) is 7.59. The molecule has 0 radical (unpaired) electrons. The second-order valence-electron chi connectivity index (χ2n) is 6.38. The maximum absolute atomic E-state index is 6.04. The number of nitrogens with two attached hydrogens (primary N) is 1. The Kier molecular flexibility index (Phi) is 4.49. The molecule has 0 bridgehead atoms. The molecule has 1 unspecified atom stereocenters. The second-order valence-corrected chi connectivity index (χ2v) is 6.38. The van der Waals surface area contributed by atoms with Crippen molar-refractivity contribution in [3.63, 3.8) is 0 Å². The van der Waals surface area contributed by atoms with Gasteiger partial charge in [-0.05, 0) is 44.9 Å². The van der Waals surface area contributed by atoms with Gasteiger partial charge >= 0.3 is 0 Å². The molecule has 114 valence electrons. The number of ether oxygens (including phenoxy) is 1. The van der Waals surface area contributed by atoms with Crippen molar-refractivity contribution >= 4 is 0 Å². The molecule has 0 aliphatic heterocycles. The zero-order chi connectivity index (χ0) is 14.8. The maximum Gasteiger partial charge on any atom is 0.234 e. The predicted molar refractivity (Wildman–Crippen MR) is 77.3 cm³/mol. The van der Waals surface area contributed by atoms with Crippen LogP contribution in [0.5, 0.6) is 0 Å². The van der Waals surface area contributed by atoms with Crippen LogP contribution in [0.4, 0.5) is 0 Å². The highest BCUT2D eigenvalue weighted by atomic mass is 16.5. The van der Waals surface area contributed by atoms with Gasteiger partial charge in [-0.2, -0.15) is 4.98 Å². The van der Waals surface area contributed by atoms with Gasteiger partial charge in [-0.1, -0.05) is 19.0 Å². The van der Waals surface area contributed by atoms with Gasteiger partial charge in [0.2, 0.25) is 11.7 Å². The monoisotopic (exact) mass is 281 g/mol. The third-order valence-corrected chi connectivity index (χ3v) is 5.10. The lowest BCUT2D eigenvalue weighted by atomic mass is 9.70. The Morgan fingerprint density at radius 2 is 2.10 bits per heavy atom. The lowest BCUT2D eigenvalue weighted by molar-refractivity contribution is -0.0106. The highest BCUT2D eigenvalue weighted by Crippen LogP contribution is 2.40. The predicted octanol–water partition coefficient (Wildman–Crippen LogP) is 2.75. The summed E-state index contributed by atoms with van der Waals surface area (Å²) in [4.78, 5) is 4.63. The molecule has 0 spiro atoms. The molecular weight excluding hydrogens is 254 g/mol. The highest BCUT2D eigenvalue weighted by Gasteiger charge is 2.41. The molecule has 2 N–H and O–H groups in total. The van der Waals surface area contributed by atoms with Gasteiger partial charge in [0.1, 0.15) is 5.60 Å². The highest BCUT2D eigenvalue weighted by molar-refractivity contribution is 5.10. The summed E-state index contributed by atoms with van der Waals surface area (Å²) < 4.78 is 11.1. The Balaban J connectivity index is 2.27. The van der Waals surface area contributed by atoms with Crippen molar-refractivity contribution in [2.75, 3.05) is 13.7 Å². The molecule has 0 amide bonds. The molecule has 0 aromatic carbocycles. The minimum atomic E-state index is -0.487. The molecule has 1 atom stereocenters. The first kappa shape index (κ1) is 15.4. The Labute approximate surface area is 121 Å². The first-order valence-electron chi connectivity index (χ1n) is 7.59. The van der Waals surface area contributed by atoms with Crippen LogP contribution in [-0.4, -0.2) is 23.8 Å². The van der Waals surface area contributed by atoms with Crippen LogP contribution in [-0.2, 0) is 15.8 Å². The Bertz CT molecular complexity index is 432. The lowest BCUT2D eigenvalue weighted by Gasteiger charge is -2.35. The van der Waals surface area contributed by atoms with Crippen LogP contribution in [0.3, 0.4) is 0 Å². The summed E-state index contributed by atoms with van der Waals surface area (Å²) in [7, 11) is 1.68. The molecule has 1 aliphatic carbocycles. The summed E-state index contributed by atoms with van der Waals surface area (Å²) in [5.41, 5.74) is 5.41. The molecule has 0 saturated heterocycles. The van der Waals surface area contributed by atoms with E-state index in [1.165, 1.54) is 12.8 Å². The number of hydrogen-bond acceptors (Lipinski definition) is 5. The van der Waals surface area contributed by atoms with Crippen LogP contribution in [0.2, 0.25) is 0 Å². The second kappa shape index (κ2) is 5.82. The lowest BCUT2D eigenvalue weighted by Crippen LogP contribution is -2.39. The number of aromatic nitrogens is 2. The zero-order valence-corrected chi connectivity index (χ0v) is 13.1. The van der Waals surface area contributed by atoms with Crippen molar-refractivity contribution in [1.29, 1.82) is 0 Å². The average Bonchev–Trinajstić information content (AvgIpc) is 2.98. The number of rotatable bonds is 5. The van der Waals surface area contributed by atoms with Crippen molar-refractivity contribution in [2.45, 2.75) is 63.9 Å². The third-order valence-electron chi connectivity index (χ3n) is 5.10. The van der Waals surface area contributed by atoms with Gasteiger partial charge in [-0.3, -0.25) is 0 Å². The molecule has 2 rings (SSSR count). The molecule has 1 saturated carbocycles. The Hall–Kier alpha value is -0.940. The number of hydrogen-bond donors (Lipinski definition) is 1. The van der Waals surface area contributed by atoms with Crippen LogP contribution in [0, 0.1) is 5.92 Å². The molecule has 1 heterocycles. The van der Waals surface area contributed by atoms with Gasteiger partial charge in [0.15, 0.2) is 0 Å². The van der Waals surface area contributed by atoms with Gasteiger partial charge in [-0.15, -0.1) is 0 Å². The summed E-state index contributed by atoms with van der Waals surface area (Å²) >= 11 is 0. The molecule has 1 aromatic heterocycles. The summed E-state index contributed by atoms with van der Waals surface area (Å²) in [5, 5.41) is 4.15. The van der Waals surface area contributed by atoms with E-state index < -0.39 is 5.60 Å². The fourth-order valence-electron chi connectivity index (χ4n) is 2.87. The smallest absolute Gasteiger partial charge is 0.234 e. The van der Waals surface area contributed by atoms with Crippen molar-refractivity contribution in [1.82, 2.24) is 10.1 Å². The molecule has 5 heteroatoms. The fraction of sp³-hybridized carbons (Fsp3) is 0.867. The number of methoxy groups -OCH3 is 1. The fourth-order valence-corrected chi connectivity index (χ4v) is 2.87. The standard InChI is InChI=1S/C15H27N3O2/c1-5-14(3,19-4)12-17-13(20-18-12)15(10-16)8-6-11(2)7-9-15/h11H,5-10,16H2,1-4H3. The van der Waals surface area contributed by atoms with E-state index in [4.69, 9.17) is 15.0 Å². The third kappa shape index (κ3) is 2.61. The Morgan fingerprint density at radius 3 is 2.60 bits per heavy atom. The van der Waals surface area contributed by atoms with Crippen molar-refractivity contribution in [3.05, 3.63) is 11.7 Å². The van der Waals surface area contributed by atoms with E-state index in [1.54, 1.807) is 7.11 Å². The maximum atomic E-state index is 6.04. The normalized spacial score (nSPS) is 30.1. The van der Waals surface area contributed by atoms with E-state index in [-0.39, 0.29) is 5.41 Å². The molecule has 5 nitrogen and oxygen atoms in total. The minimum Gasteiger partial charge on any atom is -0.370 e. The summed E-state index contributed by atoms with van der Waals surface area (Å²) in [5.74, 6) is 2.08. The zero-order valence-electron chi connectivity index (χ0n) is 13.1. The molecule has 1 aromatic rings. The van der Waals surface area contributed by atoms with Crippen molar-refractivity contribution in [2.24, 2.45) is 11.7 Å². The molecule has 1 fully saturated rings. The average molecular weight is 281 g/mol. The molecule has 20 heavy (non-hydrogen) atoms. The van der Waals surface area contributed by atoms with E-state index in [9.17, 15) is 0 Å². The van der Waals surface area contributed by atoms with Crippen LogP contribution < -0.4 is 5.73 Å². The minimum absolute atomic E-state index is 0.139. The van der Waals surface area contributed by atoms with E-state index >= 15 is 0 Å². The van der Waals surface area contributed by atoms with E-state index in [2.05, 4.69) is 24.0 Å². The van der Waals surface area contributed by atoms with E-state index in [0.29, 0.717) is 18.3 Å². The summed E-state index contributed by atoms with van der Waals surface area (Å²) in [6.07, 6.45) is 5.20. The van der Waals surface area contributed by atoms with Gasteiger partial charge < -0.3 is 15.0 Å². The van der Waals surface area contributed by atoms with Crippen molar-refractivity contribution < 1.29 is 9.26 Å². The van der Waals surface area contributed by atoms with Gasteiger partial charge in [0.05, 0.1) is 5.41 Å². The van der Waals surface area contributed by atoms with Gasteiger partial charge in [0, 0.05) is 13.7 Å². The quantitative estimate of drug-likeness (QED) is 0.898. The van der Waals surface area contributed by atoms with Crippen molar-refractivity contribution in [3.8, 4) is 0 Å².